The Bertz CT molecular complexity index is 794. The Morgan fingerprint density at radius 2 is 2.12 bits per heavy atom. The van der Waals surface area contributed by atoms with Crippen LogP contribution in [0.25, 0.3) is 0 Å². The van der Waals surface area contributed by atoms with Crippen molar-refractivity contribution in [1.82, 2.24) is 4.57 Å². The Kier molecular flexibility index (Phi) is 4.76. The van der Waals surface area contributed by atoms with Crippen LogP contribution in [0.3, 0.4) is 0 Å². The summed E-state index contributed by atoms with van der Waals surface area (Å²) in [7, 11) is 0. The normalized spacial score (nSPS) is 16.8. The molecule has 1 aliphatic rings. The first-order chi connectivity index (χ1) is 11.5. The first kappa shape index (κ1) is 16.8. The standard InChI is InChI=1S/C18H23N3O2S/c1-12(2)15-10-21(16-7-5-4-6-14(16)19-15)17(22)8-9-20-13(3)11-24-18(20)23/h4-7,11-12,15,19H,8-10H2,1-3H3/t15-/m1/s1. The van der Waals surface area contributed by atoms with Crippen LogP contribution in [0.5, 0.6) is 0 Å². The lowest BCUT2D eigenvalue weighted by Crippen LogP contribution is -2.47. The van der Waals surface area contributed by atoms with Gasteiger partial charge in [-0.25, -0.2) is 0 Å². The van der Waals surface area contributed by atoms with Gasteiger partial charge < -0.3 is 14.8 Å². The van der Waals surface area contributed by atoms with Gasteiger partial charge in [-0.05, 0) is 25.0 Å². The van der Waals surface area contributed by atoms with E-state index in [2.05, 4.69) is 19.2 Å². The SMILES string of the molecule is Cc1csc(=O)n1CCC(=O)N1C[C@H](C(C)C)Nc2ccccc21. The molecular weight excluding hydrogens is 322 g/mol. The molecule has 0 saturated heterocycles. The fourth-order valence-corrected chi connectivity index (χ4v) is 3.76. The highest BCUT2D eigenvalue weighted by Crippen LogP contribution is 2.32. The first-order valence-corrected chi connectivity index (χ1v) is 9.16. The second kappa shape index (κ2) is 6.81. The molecule has 1 amide bonds. The van der Waals surface area contributed by atoms with Crippen molar-refractivity contribution >= 4 is 28.6 Å². The molecule has 0 aliphatic carbocycles. The monoisotopic (exact) mass is 345 g/mol. The number of rotatable bonds is 4. The molecule has 1 N–H and O–H groups in total. The third kappa shape index (κ3) is 3.24. The number of amides is 1. The van der Waals surface area contributed by atoms with Crippen LogP contribution in [0.1, 0.15) is 26.0 Å². The third-order valence-corrected chi connectivity index (χ3v) is 5.43. The highest BCUT2D eigenvalue weighted by atomic mass is 32.1. The van der Waals surface area contributed by atoms with Crippen LogP contribution in [-0.2, 0) is 11.3 Å². The number of fused-ring (bicyclic) bond motifs is 1. The second-order valence-electron chi connectivity index (χ2n) is 6.56. The van der Waals surface area contributed by atoms with E-state index in [0.717, 1.165) is 17.1 Å². The molecule has 0 bridgehead atoms. The summed E-state index contributed by atoms with van der Waals surface area (Å²) in [6, 6.07) is 8.14. The van der Waals surface area contributed by atoms with Crippen LogP contribution in [0.2, 0.25) is 0 Å². The molecule has 1 aromatic carbocycles. The van der Waals surface area contributed by atoms with Crippen LogP contribution in [0.4, 0.5) is 11.4 Å². The molecule has 1 aromatic heterocycles. The number of benzene rings is 1. The summed E-state index contributed by atoms with van der Waals surface area (Å²) in [4.78, 5) is 26.5. The maximum absolute atomic E-state index is 12.8. The van der Waals surface area contributed by atoms with E-state index >= 15 is 0 Å². The fourth-order valence-electron chi connectivity index (χ4n) is 3.00. The van der Waals surface area contributed by atoms with Crippen molar-refractivity contribution in [3.05, 3.63) is 45.0 Å². The van der Waals surface area contributed by atoms with Gasteiger partial charge in [0.25, 0.3) is 0 Å². The van der Waals surface area contributed by atoms with E-state index in [4.69, 9.17) is 0 Å². The molecule has 6 heteroatoms. The average Bonchev–Trinajstić information content (AvgIpc) is 2.89. The molecule has 128 valence electrons. The summed E-state index contributed by atoms with van der Waals surface area (Å²) in [5, 5.41) is 5.36. The predicted octanol–water partition coefficient (Wildman–Crippen LogP) is 3.09. The minimum Gasteiger partial charge on any atom is -0.379 e. The highest BCUT2D eigenvalue weighted by Gasteiger charge is 2.29. The number of para-hydroxylation sites is 2. The largest absolute Gasteiger partial charge is 0.379 e. The molecule has 0 saturated carbocycles. The minimum absolute atomic E-state index is 0.000989. The van der Waals surface area contributed by atoms with Gasteiger partial charge in [-0.1, -0.05) is 37.3 Å². The van der Waals surface area contributed by atoms with Gasteiger partial charge in [0.1, 0.15) is 0 Å². The lowest BCUT2D eigenvalue weighted by atomic mass is 9.99. The van der Waals surface area contributed by atoms with E-state index in [1.807, 2.05) is 41.5 Å². The Morgan fingerprint density at radius 3 is 2.79 bits per heavy atom. The highest BCUT2D eigenvalue weighted by molar-refractivity contribution is 7.07. The van der Waals surface area contributed by atoms with E-state index in [9.17, 15) is 9.59 Å². The predicted molar refractivity (Wildman–Crippen MR) is 99.0 cm³/mol. The van der Waals surface area contributed by atoms with Gasteiger partial charge >= 0.3 is 4.87 Å². The fraction of sp³-hybridized carbons (Fsp3) is 0.444. The minimum atomic E-state index is 0.000989. The number of hydrogen-bond acceptors (Lipinski definition) is 4. The van der Waals surface area contributed by atoms with Crippen LogP contribution in [-0.4, -0.2) is 23.1 Å². The van der Waals surface area contributed by atoms with Crippen LogP contribution < -0.4 is 15.1 Å². The summed E-state index contributed by atoms with van der Waals surface area (Å²) >= 11 is 1.18. The number of anilines is 2. The Hall–Kier alpha value is -2.08. The molecule has 0 fully saturated rings. The number of carbonyl (C=O) groups is 1. The van der Waals surface area contributed by atoms with E-state index in [0.29, 0.717) is 25.4 Å². The van der Waals surface area contributed by atoms with E-state index in [1.165, 1.54) is 11.3 Å². The van der Waals surface area contributed by atoms with Gasteiger partial charge in [0.15, 0.2) is 0 Å². The van der Waals surface area contributed by atoms with E-state index < -0.39 is 0 Å². The molecule has 2 heterocycles. The molecule has 3 rings (SSSR count). The number of aryl methyl sites for hydroxylation is 1. The third-order valence-electron chi connectivity index (χ3n) is 4.55. The van der Waals surface area contributed by atoms with Crippen molar-refractivity contribution < 1.29 is 4.79 Å². The maximum atomic E-state index is 12.8. The van der Waals surface area contributed by atoms with Crippen LogP contribution >= 0.6 is 11.3 Å². The zero-order chi connectivity index (χ0) is 17.3. The molecule has 0 radical (unpaired) electrons. The maximum Gasteiger partial charge on any atom is 0.307 e. The number of aromatic nitrogens is 1. The molecular formula is C18H23N3O2S. The molecule has 1 atom stereocenters. The molecule has 0 unspecified atom stereocenters. The average molecular weight is 345 g/mol. The van der Waals surface area contributed by atoms with Crippen molar-refractivity contribution in [2.75, 3.05) is 16.8 Å². The summed E-state index contributed by atoms with van der Waals surface area (Å²) in [6.07, 6.45) is 0.330. The topological polar surface area (TPSA) is 54.3 Å². The Labute approximate surface area is 145 Å². The summed E-state index contributed by atoms with van der Waals surface area (Å²) < 4.78 is 1.68. The van der Waals surface area contributed by atoms with Crippen molar-refractivity contribution in [2.45, 2.75) is 39.8 Å². The number of nitrogens with zero attached hydrogens (tertiary/aromatic N) is 2. The van der Waals surface area contributed by atoms with Gasteiger partial charge in [-0.15, -0.1) is 0 Å². The van der Waals surface area contributed by atoms with Crippen molar-refractivity contribution in [3.63, 3.8) is 0 Å². The lowest BCUT2D eigenvalue weighted by molar-refractivity contribution is -0.118. The van der Waals surface area contributed by atoms with Gasteiger partial charge in [-0.3, -0.25) is 9.59 Å². The zero-order valence-corrected chi connectivity index (χ0v) is 15.1. The van der Waals surface area contributed by atoms with Crippen molar-refractivity contribution in [1.29, 1.82) is 0 Å². The zero-order valence-electron chi connectivity index (χ0n) is 14.3. The van der Waals surface area contributed by atoms with Crippen LogP contribution in [0.15, 0.2) is 34.4 Å². The Balaban J connectivity index is 1.79. The number of hydrogen-bond donors (Lipinski definition) is 1. The van der Waals surface area contributed by atoms with Gasteiger partial charge in [-0.2, -0.15) is 0 Å². The summed E-state index contributed by atoms with van der Waals surface area (Å²) in [5.41, 5.74) is 2.84. The van der Waals surface area contributed by atoms with Crippen LogP contribution in [0, 0.1) is 12.8 Å². The quantitative estimate of drug-likeness (QED) is 0.926. The van der Waals surface area contributed by atoms with Gasteiger partial charge in [0.2, 0.25) is 5.91 Å². The molecule has 2 aromatic rings. The first-order valence-electron chi connectivity index (χ1n) is 8.28. The second-order valence-corrected chi connectivity index (χ2v) is 7.38. The van der Waals surface area contributed by atoms with Gasteiger partial charge in [0, 0.05) is 36.6 Å². The van der Waals surface area contributed by atoms with Crippen molar-refractivity contribution in [3.8, 4) is 0 Å². The Morgan fingerprint density at radius 1 is 1.38 bits per heavy atom. The summed E-state index contributed by atoms with van der Waals surface area (Å²) in [6.45, 7) is 7.30. The van der Waals surface area contributed by atoms with E-state index in [-0.39, 0.29) is 16.8 Å². The molecule has 1 aliphatic heterocycles. The van der Waals surface area contributed by atoms with Crippen molar-refractivity contribution in [2.24, 2.45) is 5.92 Å². The number of nitrogens with one attached hydrogen (secondary N) is 1. The number of thiazole rings is 1. The smallest absolute Gasteiger partial charge is 0.307 e. The summed E-state index contributed by atoms with van der Waals surface area (Å²) in [5.74, 6) is 0.488. The van der Waals surface area contributed by atoms with Gasteiger partial charge in [0.05, 0.1) is 11.4 Å². The lowest BCUT2D eigenvalue weighted by Gasteiger charge is -2.37. The van der Waals surface area contributed by atoms with E-state index in [1.54, 1.807) is 4.57 Å². The molecule has 5 nitrogen and oxygen atoms in total. The number of carbonyl (C=O) groups excluding carboxylic acids is 1. The molecule has 24 heavy (non-hydrogen) atoms. The molecule has 0 spiro atoms.